The lowest BCUT2D eigenvalue weighted by Crippen LogP contribution is -2.19. The molecule has 1 heterocycles. The molecule has 1 aromatic heterocycles. The minimum absolute atomic E-state index is 0.0877. The second-order valence-electron chi connectivity index (χ2n) is 4.19. The number of pyridine rings is 1. The zero-order valence-corrected chi connectivity index (χ0v) is 11.1. The third-order valence-corrected chi connectivity index (χ3v) is 3.22. The number of likely N-dealkylation sites (N-methyl/N-ethyl adjacent to an activating group) is 1. The number of benzene rings is 1. The Bertz CT molecular complexity index is 575. The van der Waals surface area contributed by atoms with Crippen molar-refractivity contribution in [2.24, 2.45) is 0 Å². The van der Waals surface area contributed by atoms with E-state index in [0.717, 1.165) is 6.20 Å². The van der Waals surface area contributed by atoms with Crippen molar-refractivity contribution in [3.8, 4) is 0 Å². The van der Waals surface area contributed by atoms with Gasteiger partial charge < -0.3 is 5.32 Å². The number of hydrogen-bond acceptors (Lipinski definition) is 2. The first-order valence-electron chi connectivity index (χ1n) is 5.82. The molecule has 0 aliphatic heterocycles. The van der Waals surface area contributed by atoms with Crippen molar-refractivity contribution in [1.82, 2.24) is 10.3 Å². The first-order chi connectivity index (χ1) is 9.11. The third kappa shape index (κ3) is 3.28. The highest BCUT2D eigenvalue weighted by molar-refractivity contribution is 6.30. The maximum atomic E-state index is 13.8. The van der Waals surface area contributed by atoms with Crippen LogP contribution in [0.1, 0.15) is 17.2 Å². The molecule has 1 aromatic carbocycles. The van der Waals surface area contributed by atoms with E-state index in [1.807, 2.05) is 0 Å². The monoisotopic (exact) mass is 282 g/mol. The van der Waals surface area contributed by atoms with E-state index in [9.17, 15) is 8.78 Å². The van der Waals surface area contributed by atoms with E-state index in [1.165, 1.54) is 12.1 Å². The number of halogens is 3. The van der Waals surface area contributed by atoms with Crippen molar-refractivity contribution in [2.45, 2.75) is 12.5 Å². The second kappa shape index (κ2) is 6.08. The first-order valence-corrected chi connectivity index (χ1v) is 6.20. The summed E-state index contributed by atoms with van der Waals surface area (Å²) in [5, 5.41) is 3.11. The van der Waals surface area contributed by atoms with Gasteiger partial charge in [0.05, 0.1) is 11.2 Å². The van der Waals surface area contributed by atoms with Crippen LogP contribution in [-0.2, 0) is 6.42 Å². The summed E-state index contributed by atoms with van der Waals surface area (Å²) in [6, 6.07) is 6.02. The molecule has 0 amide bonds. The minimum Gasteiger partial charge on any atom is -0.313 e. The Balaban J connectivity index is 2.26. The van der Waals surface area contributed by atoms with Crippen LogP contribution in [0.5, 0.6) is 0 Å². The van der Waals surface area contributed by atoms with Gasteiger partial charge in [-0.3, -0.25) is 4.98 Å². The average molecular weight is 283 g/mol. The zero-order chi connectivity index (χ0) is 13.8. The highest BCUT2D eigenvalue weighted by Crippen LogP contribution is 2.23. The molecule has 19 heavy (non-hydrogen) atoms. The second-order valence-corrected chi connectivity index (χ2v) is 4.60. The smallest absolute Gasteiger partial charge is 0.145 e. The Kier molecular flexibility index (Phi) is 4.45. The summed E-state index contributed by atoms with van der Waals surface area (Å²) in [4.78, 5) is 3.80. The maximum Gasteiger partial charge on any atom is 0.145 e. The summed E-state index contributed by atoms with van der Waals surface area (Å²) in [5.74, 6) is -0.849. The van der Waals surface area contributed by atoms with Crippen molar-refractivity contribution >= 4 is 11.6 Å². The lowest BCUT2D eigenvalue weighted by atomic mass is 10.00. The fraction of sp³-hybridized carbons (Fsp3) is 0.214. The van der Waals surface area contributed by atoms with Crippen LogP contribution in [0, 0.1) is 11.6 Å². The fourth-order valence-corrected chi connectivity index (χ4v) is 2.13. The van der Waals surface area contributed by atoms with Crippen molar-refractivity contribution in [1.29, 1.82) is 0 Å². The van der Waals surface area contributed by atoms with Crippen LogP contribution in [0.4, 0.5) is 8.78 Å². The highest BCUT2D eigenvalue weighted by Gasteiger charge is 2.15. The van der Waals surface area contributed by atoms with Crippen LogP contribution in [0.25, 0.3) is 0 Å². The molecule has 2 rings (SSSR count). The summed E-state index contributed by atoms with van der Waals surface area (Å²) >= 11 is 5.74. The van der Waals surface area contributed by atoms with Gasteiger partial charge in [-0.05, 0) is 36.7 Å². The Hall–Kier alpha value is -1.52. The first kappa shape index (κ1) is 13.9. The molecule has 0 radical (unpaired) electrons. The van der Waals surface area contributed by atoms with Gasteiger partial charge in [-0.1, -0.05) is 23.7 Å². The normalized spacial score (nSPS) is 12.4. The van der Waals surface area contributed by atoms with Crippen LogP contribution in [-0.4, -0.2) is 12.0 Å². The summed E-state index contributed by atoms with van der Waals surface area (Å²) in [6.45, 7) is 0. The molecule has 0 fully saturated rings. The van der Waals surface area contributed by atoms with E-state index in [0.29, 0.717) is 17.5 Å². The van der Waals surface area contributed by atoms with Gasteiger partial charge >= 0.3 is 0 Å². The molecular weight excluding hydrogens is 270 g/mol. The molecule has 0 spiro atoms. The molecule has 100 valence electrons. The van der Waals surface area contributed by atoms with Crippen LogP contribution in [0.2, 0.25) is 5.02 Å². The molecule has 0 saturated carbocycles. The van der Waals surface area contributed by atoms with Crippen molar-refractivity contribution in [3.63, 3.8) is 0 Å². The van der Waals surface area contributed by atoms with Crippen molar-refractivity contribution in [2.75, 3.05) is 7.05 Å². The van der Waals surface area contributed by atoms with Gasteiger partial charge in [-0.2, -0.15) is 0 Å². The van der Waals surface area contributed by atoms with Gasteiger partial charge in [-0.25, -0.2) is 8.78 Å². The van der Waals surface area contributed by atoms with E-state index in [2.05, 4.69) is 10.3 Å². The number of nitrogens with one attached hydrogen (secondary N) is 1. The molecule has 1 N–H and O–H groups in total. The van der Waals surface area contributed by atoms with Gasteiger partial charge in [0.15, 0.2) is 0 Å². The van der Waals surface area contributed by atoms with Crippen molar-refractivity contribution in [3.05, 3.63) is 64.4 Å². The lowest BCUT2D eigenvalue weighted by molar-refractivity contribution is 0.546. The van der Waals surface area contributed by atoms with Gasteiger partial charge in [-0.15, -0.1) is 0 Å². The van der Waals surface area contributed by atoms with Crippen LogP contribution in [0.3, 0.4) is 0 Å². The molecule has 0 saturated heterocycles. The number of nitrogens with zero attached hydrogens (tertiary/aromatic N) is 1. The molecule has 0 aliphatic carbocycles. The topological polar surface area (TPSA) is 24.9 Å². The average Bonchev–Trinajstić information content (AvgIpc) is 2.40. The quantitative estimate of drug-likeness (QED) is 0.928. The predicted molar refractivity (Wildman–Crippen MR) is 71.1 cm³/mol. The lowest BCUT2D eigenvalue weighted by Gasteiger charge is -2.17. The van der Waals surface area contributed by atoms with E-state index >= 15 is 0 Å². The number of rotatable bonds is 4. The number of aromatic nitrogens is 1. The van der Waals surface area contributed by atoms with E-state index in [1.54, 1.807) is 25.4 Å². The molecule has 5 heteroatoms. The largest absolute Gasteiger partial charge is 0.313 e. The molecule has 0 aliphatic rings. The van der Waals surface area contributed by atoms with Crippen LogP contribution < -0.4 is 5.32 Å². The Morgan fingerprint density at radius 2 is 2.11 bits per heavy atom. The minimum atomic E-state index is -0.436. The van der Waals surface area contributed by atoms with E-state index in [4.69, 9.17) is 11.6 Å². The van der Waals surface area contributed by atoms with Gasteiger partial charge in [0, 0.05) is 12.2 Å². The Labute approximate surface area is 115 Å². The predicted octanol–water partition coefficient (Wildman–Crippen LogP) is 3.52. The van der Waals surface area contributed by atoms with Gasteiger partial charge in [0.2, 0.25) is 0 Å². The Morgan fingerprint density at radius 3 is 2.79 bits per heavy atom. The third-order valence-electron chi connectivity index (χ3n) is 2.93. The molecule has 2 nitrogen and oxygen atoms in total. The molecule has 2 aromatic rings. The Morgan fingerprint density at radius 1 is 1.32 bits per heavy atom. The summed E-state index contributed by atoms with van der Waals surface area (Å²) in [7, 11) is 1.73. The molecule has 0 bridgehead atoms. The molecule has 1 atom stereocenters. The summed E-state index contributed by atoms with van der Waals surface area (Å²) in [6.07, 6.45) is 3.07. The van der Waals surface area contributed by atoms with Gasteiger partial charge in [0.25, 0.3) is 0 Å². The summed E-state index contributed by atoms with van der Waals surface area (Å²) in [5.41, 5.74) is 1.15. The highest BCUT2D eigenvalue weighted by atomic mass is 35.5. The van der Waals surface area contributed by atoms with E-state index < -0.39 is 11.6 Å². The standard InChI is InChI=1S/C14H13ClF2N2/c1-18-13(10-5-11(16)8-19-7-10)6-9-3-2-4-12(15)14(9)17/h2-5,7-8,13,18H,6H2,1H3. The molecule has 1 unspecified atom stereocenters. The van der Waals surface area contributed by atoms with E-state index in [-0.39, 0.29) is 11.1 Å². The number of hydrogen-bond donors (Lipinski definition) is 1. The maximum absolute atomic E-state index is 13.8. The molecular formula is C14H13ClF2N2. The van der Waals surface area contributed by atoms with Gasteiger partial charge in [0.1, 0.15) is 11.6 Å². The van der Waals surface area contributed by atoms with Crippen molar-refractivity contribution < 1.29 is 8.78 Å². The fourth-order valence-electron chi connectivity index (χ4n) is 1.93. The zero-order valence-electron chi connectivity index (χ0n) is 10.3. The SMILES string of the molecule is CNC(Cc1cccc(Cl)c1F)c1cncc(F)c1. The summed E-state index contributed by atoms with van der Waals surface area (Å²) < 4.78 is 27.0. The van der Waals surface area contributed by atoms with Crippen LogP contribution in [0.15, 0.2) is 36.7 Å². The van der Waals surface area contributed by atoms with Crippen LogP contribution >= 0.6 is 11.6 Å².